The molecule has 2 rings (SSSR count). The van der Waals surface area contributed by atoms with Gasteiger partial charge in [-0.25, -0.2) is 17.9 Å². The number of nitrogens with one attached hydrogen (secondary N) is 1. The third-order valence-corrected chi connectivity index (χ3v) is 5.41. The molecular weight excluding hydrogens is 292 g/mol. The maximum atomic E-state index is 12.4. The van der Waals surface area contributed by atoms with Gasteiger partial charge in [0.05, 0.1) is 17.6 Å². The van der Waals surface area contributed by atoms with Crippen molar-refractivity contribution in [3.8, 4) is 0 Å². The summed E-state index contributed by atoms with van der Waals surface area (Å²) in [4.78, 5) is 11.6. The van der Waals surface area contributed by atoms with E-state index in [2.05, 4.69) is 9.46 Å². The van der Waals surface area contributed by atoms with Crippen LogP contribution in [0.15, 0.2) is 23.1 Å². The first-order chi connectivity index (χ1) is 9.77. The number of ether oxygens (including phenoxy) is 1. The van der Waals surface area contributed by atoms with Gasteiger partial charge in [0.1, 0.15) is 0 Å². The molecule has 0 amide bonds. The second-order valence-electron chi connectivity index (χ2n) is 5.51. The van der Waals surface area contributed by atoms with Crippen LogP contribution in [0.3, 0.4) is 0 Å². The lowest BCUT2D eigenvalue weighted by molar-refractivity contribution is 0.0600. The van der Waals surface area contributed by atoms with Crippen molar-refractivity contribution in [1.82, 2.24) is 4.72 Å². The third kappa shape index (κ3) is 3.42. The molecule has 0 radical (unpaired) electrons. The summed E-state index contributed by atoms with van der Waals surface area (Å²) in [6, 6.07) is 4.45. The summed E-state index contributed by atoms with van der Waals surface area (Å²) < 4.78 is 31.9. The van der Waals surface area contributed by atoms with Crippen molar-refractivity contribution in [3.63, 3.8) is 0 Å². The van der Waals surface area contributed by atoms with Gasteiger partial charge < -0.3 is 10.5 Å². The minimum Gasteiger partial charge on any atom is -0.465 e. The molecule has 1 aromatic carbocycles. The molecule has 0 saturated heterocycles. The lowest BCUT2D eigenvalue weighted by Crippen LogP contribution is -2.54. The van der Waals surface area contributed by atoms with Crippen LogP contribution in [-0.4, -0.2) is 33.6 Å². The fourth-order valence-corrected chi connectivity index (χ4v) is 3.67. The number of rotatable bonds is 5. The summed E-state index contributed by atoms with van der Waals surface area (Å²) >= 11 is 0. The van der Waals surface area contributed by atoms with E-state index in [0.717, 1.165) is 19.3 Å². The Kier molecular flexibility index (Phi) is 4.36. The number of carbonyl (C=O) groups is 1. The number of aryl methyl sites for hydroxylation is 1. The molecule has 1 aliphatic rings. The van der Waals surface area contributed by atoms with Gasteiger partial charge in [0.25, 0.3) is 0 Å². The summed E-state index contributed by atoms with van der Waals surface area (Å²) in [5.74, 6) is -0.569. The first kappa shape index (κ1) is 15.9. The lowest BCUT2D eigenvalue weighted by atomic mass is 9.78. The first-order valence-corrected chi connectivity index (χ1v) is 8.23. The van der Waals surface area contributed by atoms with E-state index in [4.69, 9.17) is 5.73 Å². The molecule has 3 N–H and O–H groups in total. The van der Waals surface area contributed by atoms with Crippen molar-refractivity contribution in [2.24, 2.45) is 5.73 Å². The largest absolute Gasteiger partial charge is 0.465 e. The molecule has 1 saturated carbocycles. The molecular formula is C14H20N2O4S. The number of carbonyl (C=O) groups excluding carboxylic acids is 1. The summed E-state index contributed by atoms with van der Waals surface area (Å²) in [5.41, 5.74) is 6.35. The zero-order valence-electron chi connectivity index (χ0n) is 12.2. The minimum atomic E-state index is -3.70. The van der Waals surface area contributed by atoms with Crippen LogP contribution in [0.5, 0.6) is 0 Å². The number of nitrogens with two attached hydrogens (primary N) is 1. The SMILES string of the molecule is COC(=O)c1ccc(C)c(S(=O)(=O)NCC2(N)CCC2)c1. The zero-order valence-corrected chi connectivity index (χ0v) is 13.0. The van der Waals surface area contributed by atoms with Crippen LogP contribution in [0.2, 0.25) is 0 Å². The average molecular weight is 312 g/mol. The number of hydrogen-bond acceptors (Lipinski definition) is 5. The first-order valence-electron chi connectivity index (χ1n) is 6.75. The van der Waals surface area contributed by atoms with Crippen LogP contribution in [-0.2, 0) is 14.8 Å². The van der Waals surface area contributed by atoms with Gasteiger partial charge in [0.2, 0.25) is 10.0 Å². The molecule has 0 aliphatic heterocycles. The number of hydrogen-bond donors (Lipinski definition) is 2. The van der Waals surface area contributed by atoms with E-state index in [0.29, 0.717) is 5.56 Å². The van der Waals surface area contributed by atoms with Gasteiger partial charge in [-0.15, -0.1) is 0 Å². The second kappa shape index (κ2) is 5.75. The fourth-order valence-electron chi connectivity index (χ4n) is 2.26. The van der Waals surface area contributed by atoms with Crippen LogP contribution >= 0.6 is 0 Å². The Hall–Kier alpha value is -1.44. The van der Waals surface area contributed by atoms with Crippen LogP contribution < -0.4 is 10.5 Å². The Balaban J connectivity index is 2.24. The van der Waals surface area contributed by atoms with Crippen molar-refractivity contribution >= 4 is 16.0 Å². The lowest BCUT2D eigenvalue weighted by Gasteiger charge is -2.38. The topological polar surface area (TPSA) is 98.5 Å². The Morgan fingerprint density at radius 1 is 1.43 bits per heavy atom. The summed E-state index contributed by atoms with van der Waals surface area (Å²) in [7, 11) is -2.45. The number of esters is 1. The van der Waals surface area contributed by atoms with Crippen LogP contribution in [0.4, 0.5) is 0 Å². The summed E-state index contributed by atoms with van der Waals surface area (Å²) in [5, 5.41) is 0. The molecule has 0 unspecified atom stereocenters. The van der Waals surface area contributed by atoms with Gasteiger partial charge in [0, 0.05) is 12.1 Å². The van der Waals surface area contributed by atoms with E-state index in [1.165, 1.54) is 19.2 Å². The Morgan fingerprint density at radius 3 is 2.62 bits per heavy atom. The average Bonchev–Trinajstić information content (AvgIpc) is 2.42. The van der Waals surface area contributed by atoms with Crippen LogP contribution in [0.25, 0.3) is 0 Å². The Morgan fingerprint density at radius 2 is 2.10 bits per heavy atom. The van der Waals surface area contributed by atoms with Crippen molar-refractivity contribution in [3.05, 3.63) is 29.3 Å². The number of benzene rings is 1. The summed E-state index contributed by atoms with van der Waals surface area (Å²) in [6.07, 6.45) is 2.66. The predicted molar refractivity (Wildman–Crippen MR) is 78.5 cm³/mol. The van der Waals surface area contributed by atoms with E-state index in [1.54, 1.807) is 13.0 Å². The normalized spacial score (nSPS) is 17.1. The van der Waals surface area contributed by atoms with Gasteiger partial charge >= 0.3 is 5.97 Å². The monoisotopic (exact) mass is 312 g/mol. The van der Waals surface area contributed by atoms with Gasteiger partial charge in [-0.1, -0.05) is 6.07 Å². The van der Waals surface area contributed by atoms with Crippen molar-refractivity contribution in [1.29, 1.82) is 0 Å². The van der Waals surface area contributed by atoms with Gasteiger partial charge in [-0.3, -0.25) is 0 Å². The highest BCUT2D eigenvalue weighted by Gasteiger charge is 2.34. The molecule has 6 nitrogen and oxygen atoms in total. The highest BCUT2D eigenvalue weighted by molar-refractivity contribution is 7.89. The molecule has 1 aliphatic carbocycles. The van der Waals surface area contributed by atoms with E-state index in [1.807, 2.05) is 0 Å². The van der Waals surface area contributed by atoms with Gasteiger partial charge in [-0.2, -0.15) is 0 Å². The smallest absolute Gasteiger partial charge is 0.337 e. The molecule has 1 aromatic rings. The summed E-state index contributed by atoms with van der Waals surface area (Å²) in [6.45, 7) is 1.88. The van der Waals surface area contributed by atoms with Gasteiger partial charge in [-0.05, 0) is 43.9 Å². The van der Waals surface area contributed by atoms with Crippen LogP contribution in [0, 0.1) is 6.92 Å². The van der Waals surface area contributed by atoms with Crippen LogP contribution in [0.1, 0.15) is 35.2 Å². The predicted octanol–water partition coefficient (Wildman–Crippen LogP) is 0.941. The van der Waals surface area contributed by atoms with E-state index < -0.39 is 21.5 Å². The van der Waals surface area contributed by atoms with Crippen molar-refractivity contribution in [2.45, 2.75) is 36.6 Å². The maximum absolute atomic E-state index is 12.4. The van der Waals surface area contributed by atoms with E-state index in [-0.39, 0.29) is 17.0 Å². The molecule has 7 heteroatoms. The number of methoxy groups -OCH3 is 1. The highest BCUT2D eigenvalue weighted by atomic mass is 32.2. The molecule has 0 heterocycles. The zero-order chi connectivity index (χ0) is 15.7. The molecule has 0 atom stereocenters. The van der Waals surface area contributed by atoms with E-state index >= 15 is 0 Å². The Labute approximate surface area is 124 Å². The minimum absolute atomic E-state index is 0.0772. The van der Waals surface area contributed by atoms with E-state index in [9.17, 15) is 13.2 Å². The third-order valence-electron chi connectivity index (χ3n) is 3.86. The molecule has 116 valence electrons. The molecule has 0 aromatic heterocycles. The standard InChI is InChI=1S/C14H20N2O4S/c1-10-4-5-11(13(17)20-2)8-12(10)21(18,19)16-9-14(15)6-3-7-14/h4-5,8,16H,3,6-7,9,15H2,1-2H3. The number of sulfonamides is 1. The van der Waals surface area contributed by atoms with Gasteiger partial charge in [0.15, 0.2) is 0 Å². The molecule has 21 heavy (non-hydrogen) atoms. The quantitative estimate of drug-likeness (QED) is 0.789. The molecule has 1 fully saturated rings. The maximum Gasteiger partial charge on any atom is 0.337 e. The molecule has 0 bridgehead atoms. The fraction of sp³-hybridized carbons (Fsp3) is 0.500. The highest BCUT2D eigenvalue weighted by Crippen LogP contribution is 2.28. The Bertz CT molecular complexity index is 651. The van der Waals surface area contributed by atoms with Crippen molar-refractivity contribution < 1.29 is 17.9 Å². The second-order valence-corrected chi connectivity index (χ2v) is 7.25. The van der Waals surface area contributed by atoms with Crippen molar-refractivity contribution in [2.75, 3.05) is 13.7 Å². The molecule has 0 spiro atoms.